The van der Waals surface area contributed by atoms with E-state index in [4.69, 9.17) is 0 Å². The molecule has 0 saturated heterocycles. The topological polar surface area (TPSA) is 17.1 Å². The standard InChI is InChI=1S/C13H18O/c1-3-4-9-13(14)10-12-8-6-5-7-11(12)2/h5-8H,3-4,9-10H2,1-2H3. The van der Waals surface area contributed by atoms with Crippen LogP contribution >= 0.6 is 0 Å². The van der Waals surface area contributed by atoms with Gasteiger partial charge in [0.05, 0.1) is 0 Å². The maximum atomic E-state index is 11.5. The highest BCUT2D eigenvalue weighted by atomic mass is 16.1. The van der Waals surface area contributed by atoms with Gasteiger partial charge in [0.25, 0.3) is 0 Å². The molecule has 1 aromatic carbocycles. The Morgan fingerprint density at radius 2 is 2.00 bits per heavy atom. The summed E-state index contributed by atoms with van der Waals surface area (Å²) in [6, 6.07) is 8.10. The first kappa shape index (κ1) is 11.0. The van der Waals surface area contributed by atoms with Gasteiger partial charge in [0, 0.05) is 12.8 Å². The molecule has 0 bridgehead atoms. The summed E-state index contributed by atoms with van der Waals surface area (Å²) < 4.78 is 0. The lowest BCUT2D eigenvalue weighted by atomic mass is 10.0. The van der Waals surface area contributed by atoms with E-state index in [9.17, 15) is 4.79 Å². The molecule has 14 heavy (non-hydrogen) atoms. The predicted molar refractivity (Wildman–Crippen MR) is 59.4 cm³/mol. The van der Waals surface area contributed by atoms with Crippen LogP contribution in [-0.2, 0) is 11.2 Å². The van der Waals surface area contributed by atoms with Crippen LogP contribution in [0.15, 0.2) is 24.3 Å². The van der Waals surface area contributed by atoms with Crippen molar-refractivity contribution in [3.8, 4) is 0 Å². The first-order valence-corrected chi connectivity index (χ1v) is 5.30. The van der Waals surface area contributed by atoms with Gasteiger partial charge in [0.1, 0.15) is 5.78 Å². The molecule has 0 heterocycles. The molecule has 1 nitrogen and oxygen atoms in total. The highest BCUT2D eigenvalue weighted by molar-refractivity contribution is 5.81. The summed E-state index contributed by atoms with van der Waals surface area (Å²) in [7, 11) is 0. The fraction of sp³-hybridized carbons (Fsp3) is 0.462. The van der Waals surface area contributed by atoms with Crippen molar-refractivity contribution in [2.75, 3.05) is 0 Å². The summed E-state index contributed by atoms with van der Waals surface area (Å²) in [6.07, 6.45) is 3.45. The van der Waals surface area contributed by atoms with Crippen molar-refractivity contribution in [1.82, 2.24) is 0 Å². The molecule has 0 aliphatic heterocycles. The zero-order valence-electron chi connectivity index (χ0n) is 9.05. The number of unbranched alkanes of at least 4 members (excludes halogenated alkanes) is 1. The summed E-state index contributed by atoms with van der Waals surface area (Å²) in [5.41, 5.74) is 2.39. The molecule has 0 fully saturated rings. The Kier molecular flexibility index (Phi) is 4.37. The third-order valence-corrected chi connectivity index (χ3v) is 2.46. The van der Waals surface area contributed by atoms with Crippen molar-refractivity contribution >= 4 is 5.78 Å². The molecule has 0 N–H and O–H groups in total. The molecule has 0 radical (unpaired) electrons. The number of Topliss-reactive ketones (excluding diaryl/α,β-unsaturated/α-hetero) is 1. The monoisotopic (exact) mass is 190 g/mol. The van der Waals surface area contributed by atoms with Crippen LogP contribution in [0.2, 0.25) is 0 Å². The Morgan fingerprint density at radius 1 is 1.29 bits per heavy atom. The quantitative estimate of drug-likeness (QED) is 0.696. The Bertz CT molecular complexity index is 302. The molecule has 0 aromatic heterocycles. The zero-order valence-corrected chi connectivity index (χ0v) is 9.05. The number of rotatable bonds is 5. The third-order valence-electron chi connectivity index (χ3n) is 2.46. The molecule has 76 valence electrons. The van der Waals surface area contributed by atoms with E-state index in [1.54, 1.807) is 0 Å². The SMILES string of the molecule is CCCCC(=O)Cc1ccccc1C. The summed E-state index contributed by atoms with van der Waals surface area (Å²) >= 11 is 0. The van der Waals surface area contributed by atoms with Crippen molar-refractivity contribution in [3.05, 3.63) is 35.4 Å². The molecular formula is C13H18O. The number of carbonyl (C=O) groups excluding carboxylic acids is 1. The van der Waals surface area contributed by atoms with Gasteiger partial charge in [-0.2, -0.15) is 0 Å². The van der Waals surface area contributed by atoms with Gasteiger partial charge in [-0.1, -0.05) is 37.6 Å². The molecular weight excluding hydrogens is 172 g/mol. The predicted octanol–water partition coefficient (Wildman–Crippen LogP) is 3.30. The van der Waals surface area contributed by atoms with Crippen LogP contribution in [0.5, 0.6) is 0 Å². The fourth-order valence-electron chi connectivity index (χ4n) is 1.48. The molecule has 1 heteroatoms. The molecule has 0 saturated carbocycles. The number of aryl methyl sites for hydroxylation is 1. The zero-order chi connectivity index (χ0) is 10.4. The minimum Gasteiger partial charge on any atom is -0.299 e. The van der Waals surface area contributed by atoms with Gasteiger partial charge in [-0.05, 0) is 24.5 Å². The van der Waals surface area contributed by atoms with Crippen LogP contribution < -0.4 is 0 Å². The van der Waals surface area contributed by atoms with Crippen LogP contribution in [-0.4, -0.2) is 5.78 Å². The van der Waals surface area contributed by atoms with E-state index in [-0.39, 0.29) is 0 Å². The molecule has 0 spiro atoms. The van der Waals surface area contributed by atoms with Crippen LogP contribution in [0, 0.1) is 6.92 Å². The number of benzene rings is 1. The van der Waals surface area contributed by atoms with Gasteiger partial charge in [0.2, 0.25) is 0 Å². The van der Waals surface area contributed by atoms with Gasteiger partial charge in [-0.3, -0.25) is 4.79 Å². The summed E-state index contributed by atoms with van der Waals surface area (Å²) in [5.74, 6) is 0.362. The van der Waals surface area contributed by atoms with Gasteiger partial charge in [-0.15, -0.1) is 0 Å². The van der Waals surface area contributed by atoms with E-state index in [0.717, 1.165) is 19.3 Å². The molecule has 0 amide bonds. The molecule has 0 atom stereocenters. The number of hydrogen-bond donors (Lipinski definition) is 0. The van der Waals surface area contributed by atoms with Gasteiger partial charge < -0.3 is 0 Å². The first-order chi connectivity index (χ1) is 6.74. The molecule has 0 unspecified atom stereocenters. The molecule has 1 rings (SSSR count). The highest BCUT2D eigenvalue weighted by Gasteiger charge is 2.04. The minimum absolute atomic E-state index is 0.362. The first-order valence-electron chi connectivity index (χ1n) is 5.30. The number of carbonyl (C=O) groups is 1. The van der Waals surface area contributed by atoms with E-state index >= 15 is 0 Å². The second-order valence-corrected chi connectivity index (χ2v) is 3.75. The van der Waals surface area contributed by atoms with Crippen molar-refractivity contribution in [2.45, 2.75) is 39.5 Å². The average molecular weight is 190 g/mol. The third kappa shape index (κ3) is 3.33. The average Bonchev–Trinajstić information content (AvgIpc) is 2.18. The second-order valence-electron chi connectivity index (χ2n) is 3.75. The largest absolute Gasteiger partial charge is 0.299 e. The Labute approximate surface area is 86.1 Å². The van der Waals surface area contributed by atoms with Crippen molar-refractivity contribution in [1.29, 1.82) is 0 Å². The fourth-order valence-corrected chi connectivity index (χ4v) is 1.48. The maximum Gasteiger partial charge on any atom is 0.137 e. The van der Waals surface area contributed by atoms with Crippen molar-refractivity contribution in [2.24, 2.45) is 0 Å². The van der Waals surface area contributed by atoms with Gasteiger partial charge in [0.15, 0.2) is 0 Å². The highest BCUT2D eigenvalue weighted by Crippen LogP contribution is 2.09. The lowest BCUT2D eigenvalue weighted by molar-refractivity contribution is -0.118. The number of hydrogen-bond acceptors (Lipinski definition) is 1. The van der Waals surface area contributed by atoms with Crippen LogP contribution in [0.1, 0.15) is 37.3 Å². The smallest absolute Gasteiger partial charge is 0.137 e. The van der Waals surface area contributed by atoms with E-state index in [2.05, 4.69) is 19.9 Å². The number of ketones is 1. The lowest BCUT2D eigenvalue weighted by Crippen LogP contribution is -2.03. The van der Waals surface area contributed by atoms with E-state index in [0.29, 0.717) is 12.2 Å². The van der Waals surface area contributed by atoms with Crippen LogP contribution in [0.4, 0.5) is 0 Å². The summed E-state index contributed by atoms with van der Waals surface area (Å²) in [5, 5.41) is 0. The lowest BCUT2D eigenvalue weighted by Gasteiger charge is -2.03. The van der Waals surface area contributed by atoms with Crippen LogP contribution in [0.3, 0.4) is 0 Å². The van der Waals surface area contributed by atoms with E-state index < -0.39 is 0 Å². The van der Waals surface area contributed by atoms with Crippen LogP contribution in [0.25, 0.3) is 0 Å². The maximum absolute atomic E-state index is 11.5. The van der Waals surface area contributed by atoms with Gasteiger partial charge >= 0.3 is 0 Å². The normalized spacial score (nSPS) is 10.1. The van der Waals surface area contributed by atoms with Crippen molar-refractivity contribution < 1.29 is 4.79 Å². The Balaban J connectivity index is 2.52. The van der Waals surface area contributed by atoms with Gasteiger partial charge in [-0.25, -0.2) is 0 Å². The molecule has 0 aliphatic rings. The molecule has 0 aliphatic carbocycles. The second kappa shape index (κ2) is 5.58. The molecule has 1 aromatic rings. The minimum atomic E-state index is 0.362. The summed E-state index contributed by atoms with van der Waals surface area (Å²) in [4.78, 5) is 11.5. The van der Waals surface area contributed by atoms with E-state index in [1.165, 1.54) is 11.1 Å². The van der Waals surface area contributed by atoms with Crippen molar-refractivity contribution in [3.63, 3.8) is 0 Å². The Hall–Kier alpha value is -1.11. The summed E-state index contributed by atoms with van der Waals surface area (Å²) in [6.45, 7) is 4.17. The Morgan fingerprint density at radius 3 is 2.64 bits per heavy atom. The van der Waals surface area contributed by atoms with E-state index in [1.807, 2.05) is 18.2 Å².